The molecular formula is C13H20N2O. The van der Waals surface area contributed by atoms with E-state index in [0.29, 0.717) is 13.0 Å². The molecule has 16 heavy (non-hydrogen) atoms. The summed E-state index contributed by atoms with van der Waals surface area (Å²) in [5.41, 5.74) is 8.00. The van der Waals surface area contributed by atoms with Crippen molar-refractivity contribution in [2.24, 2.45) is 5.73 Å². The molecule has 0 aliphatic carbocycles. The van der Waals surface area contributed by atoms with Crippen LogP contribution in [0, 0.1) is 0 Å². The van der Waals surface area contributed by atoms with Crippen molar-refractivity contribution in [1.29, 1.82) is 0 Å². The van der Waals surface area contributed by atoms with E-state index in [0.717, 1.165) is 24.8 Å². The van der Waals surface area contributed by atoms with Crippen LogP contribution in [0.5, 0.6) is 0 Å². The van der Waals surface area contributed by atoms with Crippen molar-refractivity contribution in [3.8, 4) is 0 Å². The second-order valence-corrected chi connectivity index (χ2v) is 3.90. The lowest BCUT2D eigenvalue weighted by Crippen LogP contribution is -2.16. The van der Waals surface area contributed by atoms with Crippen molar-refractivity contribution in [2.75, 3.05) is 7.05 Å². The lowest BCUT2D eigenvalue weighted by Gasteiger charge is -2.03. The van der Waals surface area contributed by atoms with Crippen LogP contribution < -0.4 is 11.1 Å². The molecule has 0 heterocycles. The van der Waals surface area contributed by atoms with Gasteiger partial charge < -0.3 is 11.1 Å². The van der Waals surface area contributed by atoms with Gasteiger partial charge in [0.2, 0.25) is 5.91 Å². The number of benzene rings is 1. The fourth-order valence-corrected chi connectivity index (χ4v) is 1.58. The van der Waals surface area contributed by atoms with E-state index in [-0.39, 0.29) is 5.91 Å². The van der Waals surface area contributed by atoms with Crippen LogP contribution in [-0.2, 0) is 17.8 Å². The number of hydrogen-bond donors (Lipinski definition) is 2. The first-order valence-electron chi connectivity index (χ1n) is 5.74. The Morgan fingerprint density at radius 1 is 1.19 bits per heavy atom. The highest BCUT2D eigenvalue weighted by molar-refractivity contribution is 5.75. The molecule has 0 aliphatic rings. The molecule has 0 aliphatic heterocycles. The molecule has 0 saturated carbocycles. The number of carbonyl (C=O) groups is 1. The maximum Gasteiger partial charge on any atom is 0.219 e. The molecule has 3 N–H and O–H groups in total. The summed E-state index contributed by atoms with van der Waals surface area (Å²) >= 11 is 0. The minimum absolute atomic E-state index is 0.124. The zero-order valence-corrected chi connectivity index (χ0v) is 9.83. The molecular weight excluding hydrogens is 200 g/mol. The highest BCUT2D eigenvalue weighted by atomic mass is 16.1. The maximum atomic E-state index is 11.0. The molecule has 1 rings (SSSR count). The Morgan fingerprint density at radius 2 is 1.81 bits per heavy atom. The minimum atomic E-state index is 0.124. The SMILES string of the molecule is CNC(=O)CCCCc1ccc(CN)cc1. The number of carbonyl (C=O) groups excluding carboxylic acids is 1. The number of hydrogen-bond acceptors (Lipinski definition) is 2. The van der Waals surface area contributed by atoms with Gasteiger partial charge in [-0.15, -0.1) is 0 Å². The Bertz CT molecular complexity index is 319. The van der Waals surface area contributed by atoms with Crippen LogP contribution in [0.25, 0.3) is 0 Å². The van der Waals surface area contributed by atoms with Crippen LogP contribution in [0.3, 0.4) is 0 Å². The molecule has 0 atom stereocenters. The lowest BCUT2D eigenvalue weighted by atomic mass is 10.1. The Balaban J connectivity index is 2.24. The smallest absolute Gasteiger partial charge is 0.219 e. The molecule has 1 amide bonds. The van der Waals surface area contributed by atoms with Crippen LogP contribution in [0.1, 0.15) is 30.4 Å². The summed E-state index contributed by atoms with van der Waals surface area (Å²) in [6.07, 6.45) is 3.65. The number of unbranched alkanes of at least 4 members (excludes halogenated alkanes) is 1. The van der Waals surface area contributed by atoms with Gasteiger partial charge in [-0.05, 0) is 30.4 Å². The van der Waals surface area contributed by atoms with E-state index in [1.165, 1.54) is 5.56 Å². The Kier molecular flexibility index (Phi) is 5.57. The van der Waals surface area contributed by atoms with Gasteiger partial charge in [-0.25, -0.2) is 0 Å². The monoisotopic (exact) mass is 220 g/mol. The quantitative estimate of drug-likeness (QED) is 0.715. The average molecular weight is 220 g/mol. The van der Waals surface area contributed by atoms with Crippen LogP contribution in [-0.4, -0.2) is 13.0 Å². The Morgan fingerprint density at radius 3 is 2.38 bits per heavy atom. The summed E-state index contributed by atoms with van der Waals surface area (Å²) in [5.74, 6) is 0.124. The van der Waals surface area contributed by atoms with Crippen molar-refractivity contribution in [1.82, 2.24) is 5.32 Å². The van der Waals surface area contributed by atoms with Gasteiger partial charge in [0.05, 0.1) is 0 Å². The number of rotatable bonds is 6. The summed E-state index contributed by atoms with van der Waals surface area (Å²) in [6.45, 7) is 0.594. The Labute approximate surface area is 97.0 Å². The second-order valence-electron chi connectivity index (χ2n) is 3.90. The molecule has 3 heteroatoms. The van der Waals surface area contributed by atoms with E-state index in [2.05, 4.69) is 29.6 Å². The van der Waals surface area contributed by atoms with Crippen LogP contribution >= 0.6 is 0 Å². The summed E-state index contributed by atoms with van der Waals surface area (Å²) in [7, 11) is 1.67. The zero-order chi connectivity index (χ0) is 11.8. The third-order valence-electron chi connectivity index (χ3n) is 2.66. The molecule has 0 aromatic heterocycles. The Hall–Kier alpha value is -1.35. The van der Waals surface area contributed by atoms with Crippen LogP contribution in [0.15, 0.2) is 24.3 Å². The molecule has 0 bridgehead atoms. The molecule has 88 valence electrons. The minimum Gasteiger partial charge on any atom is -0.359 e. The van der Waals surface area contributed by atoms with E-state index in [4.69, 9.17) is 5.73 Å². The average Bonchev–Trinajstić information content (AvgIpc) is 2.35. The van der Waals surface area contributed by atoms with Gasteiger partial charge in [0.1, 0.15) is 0 Å². The first kappa shape index (κ1) is 12.7. The van der Waals surface area contributed by atoms with Crippen molar-refractivity contribution in [3.63, 3.8) is 0 Å². The fraction of sp³-hybridized carbons (Fsp3) is 0.462. The first-order valence-corrected chi connectivity index (χ1v) is 5.74. The van der Waals surface area contributed by atoms with Gasteiger partial charge >= 0.3 is 0 Å². The third-order valence-corrected chi connectivity index (χ3v) is 2.66. The molecule has 0 unspecified atom stereocenters. The standard InChI is InChI=1S/C13H20N2O/c1-15-13(16)5-3-2-4-11-6-8-12(10-14)9-7-11/h6-9H,2-5,10,14H2,1H3,(H,15,16). The largest absolute Gasteiger partial charge is 0.359 e. The maximum absolute atomic E-state index is 11.0. The number of aryl methyl sites for hydroxylation is 1. The molecule has 1 aromatic rings. The predicted molar refractivity (Wildman–Crippen MR) is 66.0 cm³/mol. The molecule has 3 nitrogen and oxygen atoms in total. The molecule has 0 fully saturated rings. The van der Waals surface area contributed by atoms with Crippen molar-refractivity contribution < 1.29 is 4.79 Å². The third kappa shape index (κ3) is 4.45. The van der Waals surface area contributed by atoms with Gasteiger partial charge in [-0.2, -0.15) is 0 Å². The number of nitrogens with one attached hydrogen (secondary N) is 1. The molecule has 0 saturated heterocycles. The van der Waals surface area contributed by atoms with Gasteiger partial charge in [0.25, 0.3) is 0 Å². The van der Waals surface area contributed by atoms with Crippen LogP contribution in [0.4, 0.5) is 0 Å². The molecule has 1 aromatic carbocycles. The zero-order valence-electron chi connectivity index (χ0n) is 9.83. The number of amides is 1. The van der Waals surface area contributed by atoms with E-state index < -0.39 is 0 Å². The second kappa shape index (κ2) is 7.01. The highest BCUT2D eigenvalue weighted by Crippen LogP contribution is 2.08. The summed E-state index contributed by atoms with van der Waals surface area (Å²) < 4.78 is 0. The predicted octanol–water partition coefficient (Wildman–Crippen LogP) is 1.60. The van der Waals surface area contributed by atoms with Gasteiger partial charge in [-0.3, -0.25) is 4.79 Å². The summed E-state index contributed by atoms with van der Waals surface area (Å²) in [4.78, 5) is 11.0. The van der Waals surface area contributed by atoms with Crippen molar-refractivity contribution in [3.05, 3.63) is 35.4 Å². The summed E-state index contributed by atoms with van der Waals surface area (Å²) in [5, 5.41) is 2.63. The van der Waals surface area contributed by atoms with E-state index in [9.17, 15) is 4.79 Å². The van der Waals surface area contributed by atoms with Gasteiger partial charge in [0, 0.05) is 20.0 Å². The van der Waals surface area contributed by atoms with Crippen molar-refractivity contribution >= 4 is 5.91 Å². The lowest BCUT2D eigenvalue weighted by molar-refractivity contribution is -0.120. The van der Waals surface area contributed by atoms with E-state index in [1.54, 1.807) is 7.05 Å². The topological polar surface area (TPSA) is 55.1 Å². The van der Waals surface area contributed by atoms with E-state index >= 15 is 0 Å². The molecule has 0 radical (unpaired) electrons. The molecule has 0 spiro atoms. The van der Waals surface area contributed by atoms with Gasteiger partial charge in [-0.1, -0.05) is 24.3 Å². The van der Waals surface area contributed by atoms with Crippen molar-refractivity contribution in [2.45, 2.75) is 32.2 Å². The van der Waals surface area contributed by atoms with E-state index in [1.807, 2.05) is 0 Å². The van der Waals surface area contributed by atoms with Crippen LogP contribution in [0.2, 0.25) is 0 Å². The normalized spacial score (nSPS) is 10.1. The summed E-state index contributed by atoms with van der Waals surface area (Å²) in [6, 6.07) is 8.35. The highest BCUT2D eigenvalue weighted by Gasteiger charge is 1.98. The fourth-order valence-electron chi connectivity index (χ4n) is 1.58. The van der Waals surface area contributed by atoms with Gasteiger partial charge in [0.15, 0.2) is 0 Å². The number of nitrogens with two attached hydrogens (primary N) is 1. The first-order chi connectivity index (χ1) is 7.76.